The molecule has 0 fully saturated rings. The van der Waals surface area contributed by atoms with Gasteiger partial charge >= 0.3 is 0 Å². The Bertz CT molecular complexity index is 511. The molecule has 0 bridgehead atoms. The lowest BCUT2D eigenvalue weighted by Crippen LogP contribution is -2.08. The maximum atomic E-state index is 9.77. The van der Waals surface area contributed by atoms with Crippen LogP contribution in [0.1, 0.15) is 24.1 Å². The zero-order valence-corrected chi connectivity index (χ0v) is 10.0. The molecule has 0 radical (unpaired) electrons. The quantitative estimate of drug-likeness (QED) is 0.847. The van der Waals surface area contributed by atoms with Crippen LogP contribution >= 0.6 is 0 Å². The lowest BCUT2D eigenvalue weighted by atomic mass is 10.1. The highest BCUT2D eigenvalue weighted by Crippen LogP contribution is 2.27. The average molecular weight is 228 g/mol. The molecule has 2 rings (SSSR count). The molecule has 1 aromatic carbocycles. The molecular weight excluding hydrogens is 212 g/mol. The summed E-state index contributed by atoms with van der Waals surface area (Å²) in [4.78, 5) is 4.09. The Hall–Kier alpha value is -2.03. The van der Waals surface area contributed by atoms with Gasteiger partial charge in [-0.2, -0.15) is 0 Å². The molecule has 2 N–H and O–H groups in total. The lowest BCUT2D eigenvalue weighted by Gasteiger charge is -2.17. The first-order valence-corrected chi connectivity index (χ1v) is 5.63. The van der Waals surface area contributed by atoms with Gasteiger partial charge in [-0.1, -0.05) is 18.2 Å². The minimum atomic E-state index is 0.0408. The maximum Gasteiger partial charge on any atom is 0.120 e. The van der Waals surface area contributed by atoms with Gasteiger partial charge in [0.25, 0.3) is 0 Å². The first kappa shape index (κ1) is 11.5. The van der Waals surface area contributed by atoms with E-state index < -0.39 is 0 Å². The molecule has 0 aliphatic heterocycles. The van der Waals surface area contributed by atoms with Crippen LogP contribution in [0.15, 0.2) is 42.7 Å². The third-order valence-corrected chi connectivity index (χ3v) is 2.81. The summed E-state index contributed by atoms with van der Waals surface area (Å²) < 4.78 is 0. The van der Waals surface area contributed by atoms with Crippen molar-refractivity contribution in [3.63, 3.8) is 0 Å². The van der Waals surface area contributed by atoms with Crippen molar-refractivity contribution in [3.05, 3.63) is 53.9 Å². The molecule has 0 spiro atoms. The van der Waals surface area contributed by atoms with Gasteiger partial charge in [-0.25, -0.2) is 0 Å². The van der Waals surface area contributed by atoms with Gasteiger partial charge in [0.15, 0.2) is 0 Å². The van der Waals surface area contributed by atoms with Gasteiger partial charge in [0.1, 0.15) is 5.75 Å². The summed E-state index contributed by atoms with van der Waals surface area (Å²) in [6, 6.07) is 9.35. The molecule has 17 heavy (non-hydrogen) atoms. The Labute approximate surface area is 101 Å². The van der Waals surface area contributed by atoms with Crippen LogP contribution in [0.2, 0.25) is 0 Å². The van der Waals surface area contributed by atoms with Gasteiger partial charge in [-0.05, 0) is 31.5 Å². The fourth-order valence-corrected chi connectivity index (χ4v) is 1.78. The van der Waals surface area contributed by atoms with E-state index in [1.807, 2.05) is 38.1 Å². The predicted molar refractivity (Wildman–Crippen MR) is 69.1 cm³/mol. The number of anilines is 1. The number of para-hydroxylation sites is 1. The number of rotatable bonds is 3. The van der Waals surface area contributed by atoms with Crippen molar-refractivity contribution in [1.82, 2.24) is 4.98 Å². The molecule has 1 heterocycles. The van der Waals surface area contributed by atoms with E-state index >= 15 is 0 Å². The number of aromatic hydroxyl groups is 1. The molecule has 0 saturated carbocycles. The minimum absolute atomic E-state index is 0.0408. The van der Waals surface area contributed by atoms with Crippen molar-refractivity contribution in [1.29, 1.82) is 0 Å². The molecule has 0 aliphatic carbocycles. The first-order valence-electron chi connectivity index (χ1n) is 5.63. The van der Waals surface area contributed by atoms with Gasteiger partial charge in [-0.3, -0.25) is 4.98 Å². The van der Waals surface area contributed by atoms with Gasteiger partial charge in [0.2, 0.25) is 0 Å². The van der Waals surface area contributed by atoms with Crippen LogP contribution in [0.3, 0.4) is 0 Å². The SMILES string of the molecule is Cc1ccncc1NC(C)c1ccccc1O. The van der Waals surface area contributed by atoms with Crippen LogP contribution in [0, 0.1) is 6.92 Å². The third-order valence-electron chi connectivity index (χ3n) is 2.81. The van der Waals surface area contributed by atoms with Crippen LogP contribution in [-0.4, -0.2) is 10.1 Å². The van der Waals surface area contributed by atoms with Crippen molar-refractivity contribution < 1.29 is 5.11 Å². The van der Waals surface area contributed by atoms with Gasteiger partial charge < -0.3 is 10.4 Å². The van der Waals surface area contributed by atoms with Crippen LogP contribution in [0.4, 0.5) is 5.69 Å². The Morgan fingerprint density at radius 3 is 2.71 bits per heavy atom. The molecule has 0 aliphatic rings. The van der Waals surface area contributed by atoms with Crippen molar-refractivity contribution in [2.24, 2.45) is 0 Å². The second kappa shape index (κ2) is 4.87. The summed E-state index contributed by atoms with van der Waals surface area (Å²) in [6.45, 7) is 4.04. The number of nitrogens with one attached hydrogen (secondary N) is 1. The Balaban J connectivity index is 2.20. The smallest absolute Gasteiger partial charge is 0.120 e. The van der Waals surface area contributed by atoms with E-state index in [2.05, 4.69) is 10.3 Å². The van der Waals surface area contributed by atoms with E-state index in [0.29, 0.717) is 5.75 Å². The highest BCUT2D eigenvalue weighted by atomic mass is 16.3. The van der Waals surface area contributed by atoms with Crippen LogP contribution in [0.5, 0.6) is 5.75 Å². The third kappa shape index (κ3) is 2.56. The highest BCUT2D eigenvalue weighted by molar-refractivity contribution is 5.51. The molecule has 88 valence electrons. The standard InChI is InChI=1S/C14H16N2O/c1-10-7-8-15-9-13(10)16-11(2)12-5-3-4-6-14(12)17/h3-9,11,16-17H,1-2H3. The predicted octanol–water partition coefficient (Wildman–Crippen LogP) is 3.27. The Morgan fingerprint density at radius 2 is 2.00 bits per heavy atom. The molecule has 2 aromatic rings. The van der Waals surface area contributed by atoms with Crippen molar-refractivity contribution >= 4 is 5.69 Å². The fourth-order valence-electron chi connectivity index (χ4n) is 1.78. The van der Waals surface area contributed by atoms with Crippen LogP contribution in [0.25, 0.3) is 0 Å². The number of hydrogen-bond acceptors (Lipinski definition) is 3. The second-order valence-corrected chi connectivity index (χ2v) is 4.12. The monoisotopic (exact) mass is 228 g/mol. The summed E-state index contributed by atoms with van der Waals surface area (Å²) in [6.07, 6.45) is 3.57. The van der Waals surface area contributed by atoms with E-state index in [-0.39, 0.29) is 6.04 Å². The number of pyridine rings is 1. The van der Waals surface area contributed by atoms with Crippen molar-refractivity contribution in [3.8, 4) is 5.75 Å². The fraction of sp³-hybridized carbons (Fsp3) is 0.214. The van der Waals surface area contributed by atoms with Gasteiger partial charge in [0.05, 0.1) is 17.9 Å². The number of aryl methyl sites for hydroxylation is 1. The van der Waals surface area contributed by atoms with E-state index in [1.54, 1.807) is 18.5 Å². The minimum Gasteiger partial charge on any atom is -0.508 e. The van der Waals surface area contributed by atoms with E-state index in [1.165, 1.54) is 0 Å². The number of nitrogens with zero attached hydrogens (tertiary/aromatic N) is 1. The second-order valence-electron chi connectivity index (χ2n) is 4.12. The largest absolute Gasteiger partial charge is 0.508 e. The Kier molecular flexibility index (Phi) is 3.28. The number of benzene rings is 1. The first-order chi connectivity index (χ1) is 8.18. The summed E-state index contributed by atoms with van der Waals surface area (Å²) in [5.41, 5.74) is 3.02. The lowest BCUT2D eigenvalue weighted by molar-refractivity contribution is 0.465. The molecule has 1 unspecified atom stereocenters. The van der Waals surface area contributed by atoms with Crippen molar-refractivity contribution in [2.45, 2.75) is 19.9 Å². The zero-order valence-electron chi connectivity index (χ0n) is 10.0. The number of aromatic nitrogens is 1. The Morgan fingerprint density at radius 1 is 1.24 bits per heavy atom. The van der Waals surface area contributed by atoms with Gasteiger partial charge in [-0.15, -0.1) is 0 Å². The normalized spacial score (nSPS) is 12.1. The van der Waals surface area contributed by atoms with E-state index in [4.69, 9.17) is 0 Å². The molecule has 0 saturated heterocycles. The summed E-state index contributed by atoms with van der Waals surface area (Å²) in [5, 5.41) is 13.1. The summed E-state index contributed by atoms with van der Waals surface area (Å²) in [7, 11) is 0. The topological polar surface area (TPSA) is 45.2 Å². The van der Waals surface area contributed by atoms with Gasteiger partial charge in [0, 0.05) is 11.8 Å². The molecule has 1 aromatic heterocycles. The number of hydrogen-bond donors (Lipinski definition) is 2. The molecule has 3 heteroatoms. The molecular formula is C14H16N2O. The average Bonchev–Trinajstić information content (AvgIpc) is 2.32. The maximum absolute atomic E-state index is 9.77. The molecule has 1 atom stereocenters. The number of phenols is 1. The zero-order chi connectivity index (χ0) is 12.3. The van der Waals surface area contributed by atoms with Crippen molar-refractivity contribution in [2.75, 3.05) is 5.32 Å². The van der Waals surface area contributed by atoms with E-state index in [0.717, 1.165) is 16.8 Å². The number of phenolic OH excluding ortho intramolecular Hbond substituents is 1. The molecule has 3 nitrogen and oxygen atoms in total. The molecule has 0 amide bonds. The van der Waals surface area contributed by atoms with E-state index in [9.17, 15) is 5.11 Å². The summed E-state index contributed by atoms with van der Waals surface area (Å²) in [5.74, 6) is 0.314. The van der Waals surface area contributed by atoms with Crippen LogP contribution in [-0.2, 0) is 0 Å². The van der Waals surface area contributed by atoms with Crippen LogP contribution < -0.4 is 5.32 Å². The highest BCUT2D eigenvalue weighted by Gasteiger charge is 2.10. The summed E-state index contributed by atoms with van der Waals surface area (Å²) >= 11 is 0.